The van der Waals surface area contributed by atoms with Crippen molar-refractivity contribution in [2.24, 2.45) is 0 Å². The summed E-state index contributed by atoms with van der Waals surface area (Å²) in [6.07, 6.45) is 3.51. The number of nitrogens with two attached hydrogens (primary N) is 1. The minimum atomic E-state index is -0.392. The molecule has 78 valence electrons. The molecule has 3 N–H and O–H groups in total. The molecule has 0 saturated carbocycles. The first-order valence-electron chi connectivity index (χ1n) is 4.60. The summed E-state index contributed by atoms with van der Waals surface area (Å²) in [5.74, 6) is 0. The van der Waals surface area contributed by atoms with E-state index in [2.05, 4.69) is 4.98 Å². The Balaban J connectivity index is 2.56. The van der Waals surface area contributed by atoms with Crippen molar-refractivity contribution in [2.45, 2.75) is 12.5 Å². The van der Waals surface area contributed by atoms with Gasteiger partial charge in [0.15, 0.2) is 0 Å². The molecule has 4 heteroatoms. The van der Waals surface area contributed by atoms with Crippen LogP contribution in [-0.2, 0) is 6.42 Å². The SMILES string of the molecule is CN(C)CC(O)Cc1cnccc1N. The summed E-state index contributed by atoms with van der Waals surface area (Å²) in [5.41, 5.74) is 7.33. The van der Waals surface area contributed by atoms with Crippen LogP contribution in [0.1, 0.15) is 5.56 Å². The molecule has 0 bridgehead atoms. The van der Waals surface area contributed by atoms with Crippen molar-refractivity contribution < 1.29 is 5.11 Å². The quantitative estimate of drug-likeness (QED) is 0.717. The van der Waals surface area contributed by atoms with Crippen LogP contribution in [0.5, 0.6) is 0 Å². The third kappa shape index (κ3) is 3.32. The monoisotopic (exact) mass is 195 g/mol. The maximum Gasteiger partial charge on any atom is 0.0708 e. The smallest absolute Gasteiger partial charge is 0.0708 e. The van der Waals surface area contributed by atoms with Crippen molar-refractivity contribution in [3.63, 3.8) is 0 Å². The van der Waals surface area contributed by atoms with E-state index in [9.17, 15) is 5.11 Å². The lowest BCUT2D eigenvalue weighted by atomic mass is 10.1. The highest BCUT2D eigenvalue weighted by molar-refractivity contribution is 5.44. The Bertz CT molecular complexity index is 288. The maximum absolute atomic E-state index is 9.67. The second kappa shape index (κ2) is 4.93. The number of hydrogen-bond donors (Lipinski definition) is 2. The number of nitrogen functional groups attached to an aromatic ring is 1. The molecule has 4 nitrogen and oxygen atoms in total. The van der Waals surface area contributed by atoms with Gasteiger partial charge in [0.1, 0.15) is 0 Å². The summed E-state index contributed by atoms with van der Waals surface area (Å²) in [6, 6.07) is 1.75. The fourth-order valence-electron chi connectivity index (χ4n) is 1.35. The third-order valence-electron chi connectivity index (χ3n) is 1.97. The van der Waals surface area contributed by atoms with Crippen LogP contribution in [-0.4, -0.2) is 41.7 Å². The summed E-state index contributed by atoms with van der Waals surface area (Å²) < 4.78 is 0. The highest BCUT2D eigenvalue weighted by Gasteiger charge is 2.08. The van der Waals surface area contributed by atoms with Crippen molar-refractivity contribution in [1.29, 1.82) is 0 Å². The molecule has 1 aromatic rings. The van der Waals surface area contributed by atoms with Crippen LogP contribution >= 0.6 is 0 Å². The molecule has 0 aliphatic rings. The van der Waals surface area contributed by atoms with Gasteiger partial charge in [0, 0.05) is 31.0 Å². The predicted molar refractivity (Wildman–Crippen MR) is 56.9 cm³/mol. The molecular weight excluding hydrogens is 178 g/mol. The Labute approximate surface area is 84.4 Å². The molecule has 1 atom stereocenters. The maximum atomic E-state index is 9.67. The van der Waals surface area contributed by atoms with E-state index in [1.54, 1.807) is 18.5 Å². The molecule has 0 aromatic carbocycles. The molecule has 0 saturated heterocycles. The summed E-state index contributed by atoms with van der Waals surface area (Å²) in [7, 11) is 3.85. The molecule has 0 radical (unpaired) electrons. The van der Waals surface area contributed by atoms with E-state index in [1.807, 2.05) is 19.0 Å². The highest BCUT2D eigenvalue weighted by Crippen LogP contribution is 2.11. The Morgan fingerprint density at radius 2 is 2.29 bits per heavy atom. The first-order valence-corrected chi connectivity index (χ1v) is 4.60. The highest BCUT2D eigenvalue weighted by atomic mass is 16.3. The average Bonchev–Trinajstić information content (AvgIpc) is 2.07. The molecule has 1 aromatic heterocycles. The molecule has 14 heavy (non-hydrogen) atoms. The number of nitrogens with zero attached hydrogens (tertiary/aromatic N) is 2. The van der Waals surface area contributed by atoms with E-state index in [0.29, 0.717) is 18.7 Å². The number of aromatic nitrogens is 1. The Morgan fingerprint density at radius 3 is 2.86 bits per heavy atom. The van der Waals surface area contributed by atoms with Gasteiger partial charge in [-0.1, -0.05) is 0 Å². The fourth-order valence-corrected chi connectivity index (χ4v) is 1.35. The lowest BCUT2D eigenvalue weighted by molar-refractivity contribution is 0.137. The first-order chi connectivity index (χ1) is 6.59. The van der Waals surface area contributed by atoms with Gasteiger partial charge < -0.3 is 15.7 Å². The topological polar surface area (TPSA) is 62.4 Å². The van der Waals surface area contributed by atoms with Crippen LogP contribution in [0.25, 0.3) is 0 Å². The predicted octanol–water partition coefficient (Wildman–Crippen LogP) is 0.129. The number of anilines is 1. The van der Waals surface area contributed by atoms with Crippen LogP contribution in [0.4, 0.5) is 5.69 Å². The van der Waals surface area contributed by atoms with Crippen LogP contribution < -0.4 is 5.73 Å². The van der Waals surface area contributed by atoms with E-state index in [0.717, 1.165) is 5.56 Å². The van der Waals surface area contributed by atoms with Gasteiger partial charge in [-0.2, -0.15) is 0 Å². The van der Waals surface area contributed by atoms with Crippen LogP contribution in [0, 0.1) is 0 Å². The number of rotatable bonds is 4. The largest absolute Gasteiger partial charge is 0.398 e. The first kappa shape index (κ1) is 10.9. The van der Waals surface area contributed by atoms with Gasteiger partial charge in [-0.3, -0.25) is 4.98 Å². The number of hydrogen-bond acceptors (Lipinski definition) is 4. The number of likely N-dealkylation sites (N-methyl/N-ethyl adjacent to an activating group) is 1. The summed E-state index contributed by atoms with van der Waals surface area (Å²) in [6.45, 7) is 0.633. The number of aliphatic hydroxyl groups is 1. The van der Waals surface area contributed by atoms with Crippen molar-refractivity contribution in [3.8, 4) is 0 Å². The molecule has 0 fully saturated rings. The lowest BCUT2D eigenvalue weighted by Crippen LogP contribution is -2.27. The Kier molecular flexibility index (Phi) is 3.85. The molecule has 0 spiro atoms. The Morgan fingerprint density at radius 1 is 1.57 bits per heavy atom. The van der Waals surface area contributed by atoms with Crippen molar-refractivity contribution in [1.82, 2.24) is 9.88 Å². The van der Waals surface area contributed by atoms with Gasteiger partial charge in [-0.05, 0) is 25.7 Å². The molecule has 1 rings (SSSR count). The zero-order chi connectivity index (χ0) is 10.6. The second-order valence-electron chi connectivity index (χ2n) is 3.69. The molecule has 1 unspecified atom stereocenters. The number of pyridine rings is 1. The minimum Gasteiger partial charge on any atom is -0.398 e. The van der Waals surface area contributed by atoms with E-state index in [-0.39, 0.29) is 0 Å². The minimum absolute atomic E-state index is 0.392. The van der Waals surface area contributed by atoms with Gasteiger partial charge in [-0.15, -0.1) is 0 Å². The second-order valence-corrected chi connectivity index (χ2v) is 3.69. The lowest BCUT2D eigenvalue weighted by Gasteiger charge is -2.16. The average molecular weight is 195 g/mol. The molecule has 0 aliphatic carbocycles. The van der Waals surface area contributed by atoms with Gasteiger partial charge in [0.05, 0.1) is 6.10 Å². The van der Waals surface area contributed by atoms with Gasteiger partial charge in [-0.25, -0.2) is 0 Å². The molecule has 0 aliphatic heterocycles. The molecule has 0 amide bonds. The zero-order valence-electron chi connectivity index (χ0n) is 8.64. The summed E-state index contributed by atoms with van der Waals surface area (Å²) >= 11 is 0. The third-order valence-corrected chi connectivity index (χ3v) is 1.97. The van der Waals surface area contributed by atoms with Crippen LogP contribution in [0.2, 0.25) is 0 Å². The summed E-state index contributed by atoms with van der Waals surface area (Å²) in [4.78, 5) is 5.91. The van der Waals surface area contributed by atoms with E-state index < -0.39 is 6.10 Å². The van der Waals surface area contributed by atoms with E-state index >= 15 is 0 Å². The molecule has 1 heterocycles. The Hall–Kier alpha value is -1.13. The normalized spacial score (nSPS) is 13.1. The van der Waals surface area contributed by atoms with Gasteiger partial charge in [0.25, 0.3) is 0 Å². The van der Waals surface area contributed by atoms with Gasteiger partial charge >= 0.3 is 0 Å². The van der Waals surface area contributed by atoms with Crippen LogP contribution in [0.3, 0.4) is 0 Å². The van der Waals surface area contributed by atoms with E-state index in [4.69, 9.17) is 5.73 Å². The van der Waals surface area contributed by atoms with Gasteiger partial charge in [0.2, 0.25) is 0 Å². The zero-order valence-corrected chi connectivity index (χ0v) is 8.64. The van der Waals surface area contributed by atoms with Crippen molar-refractivity contribution in [2.75, 3.05) is 26.4 Å². The summed E-state index contributed by atoms with van der Waals surface area (Å²) in [5, 5.41) is 9.67. The fraction of sp³-hybridized carbons (Fsp3) is 0.500. The number of aliphatic hydroxyl groups excluding tert-OH is 1. The van der Waals surface area contributed by atoms with E-state index in [1.165, 1.54) is 0 Å². The molecular formula is C10H17N3O. The van der Waals surface area contributed by atoms with Crippen LogP contribution in [0.15, 0.2) is 18.5 Å². The standard InChI is InChI=1S/C10H17N3O/c1-13(2)7-9(14)5-8-6-12-4-3-10(8)11/h3-4,6,9,14H,5,7H2,1-2H3,(H2,11,12). The van der Waals surface area contributed by atoms with Crippen molar-refractivity contribution in [3.05, 3.63) is 24.0 Å². The van der Waals surface area contributed by atoms with Crippen molar-refractivity contribution >= 4 is 5.69 Å².